The summed E-state index contributed by atoms with van der Waals surface area (Å²) >= 11 is 0. The Balaban J connectivity index is 3.09. The summed E-state index contributed by atoms with van der Waals surface area (Å²) < 4.78 is 0. The Morgan fingerprint density at radius 3 is 2.20 bits per heavy atom. The van der Waals surface area contributed by atoms with E-state index in [4.69, 9.17) is 0 Å². The van der Waals surface area contributed by atoms with Crippen LogP contribution in [-0.4, -0.2) is 36.9 Å². The quantitative estimate of drug-likeness (QED) is 0.849. The zero-order valence-corrected chi connectivity index (χ0v) is 16.9. The second-order valence-corrected chi connectivity index (χ2v) is 8.26. The molecular formula is C20H33N3O2. The Hall–Kier alpha value is -2.04. The molecule has 0 atom stereocenters. The van der Waals surface area contributed by atoms with Crippen LogP contribution in [0.5, 0.6) is 0 Å². The van der Waals surface area contributed by atoms with E-state index in [0.29, 0.717) is 13.0 Å². The molecule has 1 aromatic carbocycles. The molecule has 5 nitrogen and oxygen atoms in total. The Morgan fingerprint density at radius 2 is 1.76 bits per heavy atom. The van der Waals surface area contributed by atoms with Crippen LogP contribution in [0.2, 0.25) is 0 Å². The van der Waals surface area contributed by atoms with Crippen molar-refractivity contribution in [3.63, 3.8) is 0 Å². The van der Waals surface area contributed by atoms with E-state index in [1.807, 2.05) is 76.7 Å². The fourth-order valence-electron chi connectivity index (χ4n) is 2.75. The summed E-state index contributed by atoms with van der Waals surface area (Å²) in [5.74, 6) is 0.0465. The lowest BCUT2D eigenvalue weighted by Gasteiger charge is -2.28. The fourth-order valence-corrected chi connectivity index (χ4v) is 2.75. The molecule has 0 fully saturated rings. The number of carbonyl (C=O) groups is 2. The molecule has 0 heterocycles. The molecule has 0 radical (unpaired) electrons. The third kappa shape index (κ3) is 6.77. The van der Waals surface area contributed by atoms with Crippen LogP contribution in [0.4, 0.5) is 11.4 Å². The first-order chi connectivity index (χ1) is 11.4. The van der Waals surface area contributed by atoms with Gasteiger partial charge in [-0.3, -0.25) is 9.59 Å². The van der Waals surface area contributed by atoms with Crippen molar-refractivity contribution >= 4 is 23.2 Å². The van der Waals surface area contributed by atoms with Gasteiger partial charge < -0.3 is 15.1 Å². The van der Waals surface area contributed by atoms with Crippen molar-refractivity contribution in [2.75, 3.05) is 24.3 Å². The maximum Gasteiger partial charge on any atom is 0.224 e. The lowest BCUT2D eigenvalue weighted by Crippen LogP contribution is -2.35. The van der Waals surface area contributed by atoms with Crippen LogP contribution in [0.1, 0.15) is 53.5 Å². The van der Waals surface area contributed by atoms with Crippen LogP contribution in [0.15, 0.2) is 18.2 Å². The van der Waals surface area contributed by atoms with Crippen molar-refractivity contribution in [2.24, 2.45) is 5.41 Å². The zero-order chi connectivity index (χ0) is 19.4. The first kappa shape index (κ1) is 21.0. The summed E-state index contributed by atoms with van der Waals surface area (Å²) in [5.41, 5.74) is 2.77. The summed E-state index contributed by atoms with van der Waals surface area (Å²) in [7, 11) is 3.95. The van der Waals surface area contributed by atoms with Crippen LogP contribution in [-0.2, 0) is 16.1 Å². The van der Waals surface area contributed by atoms with E-state index < -0.39 is 0 Å². The molecule has 2 amide bonds. The van der Waals surface area contributed by atoms with E-state index >= 15 is 0 Å². The first-order valence-corrected chi connectivity index (χ1v) is 8.78. The molecule has 0 saturated heterocycles. The molecule has 25 heavy (non-hydrogen) atoms. The number of amides is 2. The molecule has 5 heteroatoms. The van der Waals surface area contributed by atoms with Crippen molar-refractivity contribution in [1.29, 1.82) is 0 Å². The molecule has 0 aromatic heterocycles. The van der Waals surface area contributed by atoms with Crippen molar-refractivity contribution in [2.45, 2.75) is 60.5 Å². The van der Waals surface area contributed by atoms with Crippen molar-refractivity contribution < 1.29 is 9.59 Å². The summed E-state index contributed by atoms with van der Waals surface area (Å²) in [6.45, 7) is 12.2. The number of nitrogens with zero attached hydrogens (tertiary/aromatic N) is 2. The molecule has 1 aromatic rings. The van der Waals surface area contributed by atoms with Gasteiger partial charge in [-0.1, -0.05) is 20.8 Å². The van der Waals surface area contributed by atoms with Gasteiger partial charge in [0.1, 0.15) is 0 Å². The van der Waals surface area contributed by atoms with Crippen LogP contribution < -0.4 is 10.2 Å². The highest BCUT2D eigenvalue weighted by Crippen LogP contribution is 2.26. The van der Waals surface area contributed by atoms with Crippen LogP contribution in [0.3, 0.4) is 0 Å². The van der Waals surface area contributed by atoms with Gasteiger partial charge in [0.05, 0.1) is 0 Å². The number of hydrogen-bond acceptors (Lipinski definition) is 3. The largest absolute Gasteiger partial charge is 0.377 e. The van der Waals surface area contributed by atoms with E-state index in [-0.39, 0.29) is 23.3 Å². The highest BCUT2D eigenvalue weighted by atomic mass is 16.2. The average Bonchev–Trinajstić information content (AvgIpc) is 2.41. The molecule has 0 spiro atoms. The van der Waals surface area contributed by atoms with Crippen LogP contribution >= 0.6 is 0 Å². The lowest BCUT2D eigenvalue weighted by atomic mass is 9.92. The molecule has 1 N–H and O–H groups in total. The van der Waals surface area contributed by atoms with E-state index in [1.165, 1.54) is 0 Å². The number of nitrogens with one attached hydrogen (secondary N) is 1. The van der Waals surface area contributed by atoms with Gasteiger partial charge >= 0.3 is 0 Å². The van der Waals surface area contributed by atoms with Gasteiger partial charge in [0.2, 0.25) is 11.8 Å². The predicted octanol–water partition coefficient (Wildman–Crippen LogP) is 3.88. The minimum Gasteiger partial charge on any atom is -0.377 e. The molecule has 0 bridgehead atoms. The first-order valence-electron chi connectivity index (χ1n) is 8.78. The molecular weight excluding hydrogens is 314 g/mol. The predicted molar refractivity (Wildman–Crippen MR) is 105 cm³/mol. The highest BCUT2D eigenvalue weighted by molar-refractivity contribution is 5.91. The fraction of sp³-hybridized carbons (Fsp3) is 0.600. The summed E-state index contributed by atoms with van der Waals surface area (Å²) in [6, 6.07) is 5.98. The van der Waals surface area contributed by atoms with E-state index in [0.717, 1.165) is 16.9 Å². The van der Waals surface area contributed by atoms with Gasteiger partial charge in [0.15, 0.2) is 0 Å². The van der Waals surface area contributed by atoms with E-state index in [2.05, 4.69) is 5.32 Å². The molecule has 0 unspecified atom stereocenters. The Bertz CT molecular complexity index is 616. The maximum absolute atomic E-state index is 12.2. The summed E-state index contributed by atoms with van der Waals surface area (Å²) in [4.78, 5) is 28.0. The number of carbonyl (C=O) groups excluding carboxylic acids is 2. The average molecular weight is 348 g/mol. The Labute approximate surface area is 152 Å². The topological polar surface area (TPSA) is 52.7 Å². The summed E-state index contributed by atoms with van der Waals surface area (Å²) in [6.07, 6.45) is 0.462. The summed E-state index contributed by atoms with van der Waals surface area (Å²) in [5, 5.41) is 2.98. The van der Waals surface area contributed by atoms with Gasteiger partial charge in [0, 0.05) is 51.4 Å². The van der Waals surface area contributed by atoms with Gasteiger partial charge in [-0.2, -0.15) is 0 Å². The Kier molecular flexibility index (Phi) is 7.03. The molecule has 0 aliphatic carbocycles. The van der Waals surface area contributed by atoms with Crippen molar-refractivity contribution in [3.05, 3.63) is 23.8 Å². The van der Waals surface area contributed by atoms with Crippen molar-refractivity contribution in [1.82, 2.24) is 4.90 Å². The molecule has 0 aliphatic rings. The number of rotatable bonds is 6. The van der Waals surface area contributed by atoms with Gasteiger partial charge in [-0.05, 0) is 43.0 Å². The molecule has 140 valence electrons. The van der Waals surface area contributed by atoms with Gasteiger partial charge in [0.25, 0.3) is 0 Å². The Morgan fingerprint density at radius 1 is 1.16 bits per heavy atom. The smallest absolute Gasteiger partial charge is 0.224 e. The van der Waals surface area contributed by atoms with E-state index in [9.17, 15) is 9.59 Å². The minimum atomic E-state index is -0.0560. The van der Waals surface area contributed by atoms with E-state index in [1.54, 1.807) is 6.92 Å². The van der Waals surface area contributed by atoms with Crippen LogP contribution in [0, 0.1) is 5.41 Å². The zero-order valence-electron chi connectivity index (χ0n) is 16.9. The second kappa shape index (κ2) is 8.37. The SMILES string of the molecule is CC(=O)N(Cc1cc(NC(=O)CC(C)(C)C)ccc1N(C)C)C(C)C. The maximum atomic E-state index is 12.2. The standard InChI is InChI=1S/C20H33N3O2/c1-14(2)23(15(3)24)13-16-11-17(9-10-18(16)22(7)8)21-19(25)12-20(4,5)6/h9-11,14H,12-13H2,1-8H3,(H,21,25). The molecule has 1 rings (SSSR count). The number of hydrogen-bond donors (Lipinski definition) is 1. The number of benzene rings is 1. The van der Waals surface area contributed by atoms with Crippen LogP contribution in [0.25, 0.3) is 0 Å². The third-order valence-electron chi connectivity index (χ3n) is 3.90. The normalized spacial score (nSPS) is 11.4. The minimum absolute atomic E-state index is 0.00309. The van der Waals surface area contributed by atoms with Gasteiger partial charge in [-0.15, -0.1) is 0 Å². The van der Waals surface area contributed by atoms with Gasteiger partial charge in [-0.25, -0.2) is 0 Å². The number of anilines is 2. The molecule has 0 saturated carbocycles. The molecule has 0 aliphatic heterocycles. The lowest BCUT2D eigenvalue weighted by molar-refractivity contribution is -0.131. The highest BCUT2D eigenvalue weighted by Gasteiger charge is 2.18. The second-order valence-electron chi connectivity index (χ2n) is 8.26. The monoisotopic (exact) mass is 347 g/mol. The third-order valence-corrected chi connectivity index (χ3v) is 3.90. The van der Waals surface area contributed by atoms with Crippen molar-refractivity contribution in [3.8, 4) is 0 Å².